The van der Waals surface area contributed by atoms with Crippen LogP contribution in [-0.4, -0.2) is 59.6 Å². The van der Waals surface area contributed by atoms with Gasteiger partial charge in [-0.2, -0.15) is 0 Å². The van der Waals surface area contributed by atoms with Gasteiger partial charge in [-0.1, -0.05) is 6.07 Å². The first-order valence-corrected chi connectivity index (χ1v) is 11.2. The summed E-state index contributed by atoms with van der Waals surface area (Å²) in [6.07, 6.45) is 7.55. The molecule has 0 N–H and O–H groups in total. The Morgan fingerprint density at radius 3 is 2.66 bits per heavy atom. The Balaban J connectivity index is 1.37. The van der Waals surface area contributed by atoms with Crippen LogP contribution in [0.4, 0.5) is 10.1 Å². The number of rotatable bonds is 6. The second kappa shape index (κ2) is 8.47. The van der Waals surface area contributed by atoms with Gasteiger partial charge in [0, 0.05) is 44.7 Å². The normalized spacial score (nSPS) is 18.0. The summed E-state index contributed by atoms with van der Waals surface area (Å²) in [6.45, 7) is 3.96. The maximum Gasteiger partial charge on any atom is 0.192 e. The zero-order valence-corrected chi connectivity index (χ0v) is 18.4. The molecule has 32 heavy (non-hydrogen) atoms. The van der Waals surface area contributed by atoms with Gasteiger partial charge in [0.15, 0.2) is 23.6 Å². The maximum absolute atomic E-state index is 14.5. The molecular formula is C25H27FN4O2. The molecule has 2 heterocycles. The summed E-state index contributed by atoms with van der Waals surface area (Å²) in [5.41, 5.74) is 3.11. The molecule has 1 saturated carbocycles. The Morgan fingerprint density at radius 1 is 1.16 bits per heavy atom. The number of piperidine rings is 1. The molecule has 3 aromatic rings. The molecule has 0 unspecified atom stereocenters. The molecule has 1 aliphatic carbocycles. The minimum absolute atomic E-state index is 0.225. The van der Waals surface area contributed by atoms with E-state index in [-0.39, 0.29) is 5.52 Å². The van der Waals surface area contributed by atoms with Crippen LogP contribution in [0.2, 0.25) is 0 Å². The van der Waals surface area contributed by atoms with Crippen molar-refractivity contribution in [2.24, 2.45) is 4.99 Å². The fourth-order valence-corrected chi connectivity index (χ4v) is 4.55. The third-order valence-corrected chi connectivity index (χ3v) is 6.56. The molecule has 0 bridgehead atoms. The van der Waals surface area contributed by atoms with Crippen molar-refractivity contribution in [2.45, 2.75) is 44.7 Å². The number of likely N-dealkylation sites (tertiary alicyclic amines) is 1. The van der Waals surface area contributed by atoms with E-state index in [1.54, 1.807) is 25.1 Å². The SMILES string of the molecule is Cc1nc2c(F)cc(-c3ccc(C=O)c(/N=C\N(C)C4CCN(C5CC5)CC4)c3)cc2o1. The summed E-state index contributed by atoms with van der Waals surface area (Å²) < 4.78 is 20.0. The highest BCUT2D eigenvalue weighted by Gasteiger charge is 2.32. The molecule has 6 nitrogen and oxygen atoms in total. The second-order valence-corrected chi connectivity index (χ2v) is 8.84. The number of aliphatic imine (C=N–C) groups is 1. The van der Waals surface area contributed by atoms with E-state index in [1.807, 2.05) is 19.5 Å². The average molecular weight is 435 g/mol. The number of aromatic nitrogens is 1. The van der Waals surface area contributed by atoms with Crippen molar-refractivity contribution in [1.82, 2.24) is 14.8 Å². The van der Waals surface area contributed by atoms with Crippen LogP contribution < -0.4 is 0 Å². The summed E-state index contributed by atoms with van der Waals surface area (Å²) >= 11 is 0. The number of oxazole rings is 1. The Bertz CT molecular complexity index is 1180. The van der Waals surface area contributed by atoms with Gasteiger partial charge in [-0.3, -0.25) is 4.79 Å². The molecule has 0 spiro atoms. The quantitative estimate of drug-likeness (QED) is 0.311. The lowest BCUT2D eigenvalue weighted by Gasteiger charge is -2.36. The zero-order valence-electron chi connectivity index (χ0n) is 18.4. The Morgan fingerprint density at radius 2 is 1.94 bits per heavy atom. The van der Waals surface area contributed by atoms with Crippen molar-refractivity contribution < 1.29 is 13.6 Å². The Kier molecular flexibility index (Phi) is 5.51. The van der Waals surface area contributed by atoms with Crippen molar-refractivity contribution in [2.75, 3.05) is 20.1 Å². The second-order valence-electron chi connectivity index (χ2n) is 8.84. The molecule has 166 valence electrons. The minimum atomic E-state index is -0.434. The Hall–Kier alpha value is -3.06. The third-order valence-electron chi connectivity index (χ3n) is 6.56. The molecule has 2 aromatic carbocycles. The van der Waals surface area contributed by atoms with Gasteiger partial charge in [-0.15, -0.1) is 0 Å². The van der Waals surface area contributed by atoms with Crippen LogP contribution in [0.5, 0.6) is 0 Å². The maximum atomic E-state index is 14.5. The lowest BCUT2D eigenvalue weighted by molar-refractivity contribution is 0.112. The van der Waals surface area contributed by atoms with E-state index in [0.717, 1.165) is 43.8 Å². The molecule has 2 fully saturated rings. The number of aryl methyl sites for hydroxylation is 1. The summed E-state index contributed by atoms with van der Waals surface area (Å²) in [7, 11) is 2.04. The fraction of sp³-hybridized carbons (Fsp3) is 0.400. The lowest BCUT2D eigenvalue weighted by Crippen LogP contribution is -2.43. The van der Waals surface area contributed by atoms with Crippen molar-refractivity contribution in [3.63, 3.8) is 0 Å². The first-order chi connectivity index (χ1) is 15.5. The number of nitrogens with zero attached hydrogens (tertiary/aromatic N) is 4. The van der Waals surface area contributed by atoms with Crippen LogP contribution in [0.3, 0.4) is 0 Å². The first-order valence-electron chi connectivity index (χ1n) is 11.2. The highest BCUT2D eigenvalue weighted by atomic mass is 19.1. The predicted octanol–water partition coefficient (Wildman–Crippen LogP) is 4.97. The van der Waals surface area contributed by atoms with E-state index >= 15 is 0 Å². The van der Waals surface area contributed by atoms with E-state index in [9.17, 15) is 9.18 Å². The molecule has 0 radical (unpaired) electrons. The number of carbonyl (C=O) groups is 1. The van der Waals surface area contributed by atoms with Gasteiger partial charge in [0.05, 0.1) is 12.0 Å². The number of carbonyl (C=O) groups excluding carboxylic acids is 1. The highest BCUT2D eigenvalue weighted by Crippen LogP contribution is 2.32. The smallest absolute Gasteiger partial charge is 0.192 e. The highest BCUT2D eigenvalue weighted by molar-refractivity contribution is 5.88. The van der Waals surface area contributed by atoms with E-state index in [4.69, 9.17) is 4.42 Å². The molecule has 0 amide bonds. The van der Waals surface area contributed by atoms with Gasteiger partial charge >= 0.3 is 0 Å². The molecule has 5 rings (SSSR count). The summed E-state index contributed by atoms with van der Waals surface area (Å²) in [4.78, 5) is 25.0. The van der Waals surface area contributed by atoms with E-state index in [2.05, 4.69) is 19.8 Å². The van der Waals surface area contributed by atoms with Crippen LogP contribution >= 0.6 is 0 Å². The molecular weight excluding hydrogens is 407 g/mol. The summed E-state index contributed by atoms with van der Waals surface area (Å²) in [5, 5.41) is 0. The van der Waals surface area contributed by atoms with Gasteiger partial charge in [-0.05, 0) is 61.1 Å². The van der Waals surface area contributed by atoms with E-state index in [1.165, 1.54) is 18.9 Å². The summed E-state index contributed by atoms with van der Waals surface area (Å²) in [6, 6.07) is 9.80. The van der Waals surface area contributed by atoms with E-state index in [0.29, 0.717) is 34.3 Å². The lowest BCUT2D eigenvalue weighted by atomic mass is 10.0. The van der Waals surface area contributed by atoms with Crippen molar-refractivity contribution >= 4 is 29.4 Å². The van der Waals surface area contributed by atoms with Gasteiger partial charge in [0.1, 0.15) is 5.52 Å². The molecule has 0 atom stereocenters. The molecule has 2 aliphatic rings. The van der Waals surface area contributed by atoms with Crippen molar-refractivity contribution in [3.05, 3.63) is 47.6 Å². The number of halogens is 1. The predicted molar refractivity (Wildman–Crippen MR) is 123 cm³/mol. The third kappa shape index (κ3) is 4.17. The largest absolute Gasteiger partial charge is 0.441 e. The molecule has 1 saturated heterocycles. The van der Waals surface area contributed by atoms with Crippen LogP contribution in [0.25, 0.3) is 22.2 Å². The Labute approximate surface area is 186 Å². The van der Waals surface area contributed by atoms with Crippen LogP contribution in [0.15, 0.2) is 39.7 Å². The number of hydrogen-bond acceptors (Lipinski definition) is 5. The van der Waals surface area contributed by atoms with Crippen LogP contribution in [0, 0.1) is 12.7 Å². The monoisotopic (exact) mass is 434 g/mol. The standard InChI is InChI=1S/C25H27FN4O2/c1-16-28-25-22(26)11-19(13-24(25)32-16)17-3-4-18(14-31)23(12-17)27-15-29(2)20-7-9-30(10-8-20)21-5-6-21/h3-4,11-15,20-21H,5-10H2,1-2H3/b27-15-. The zero-order chi connectivity index (χ0) is 22.2. The van der Waals surface area contributed by atoms with Crippen LogP contribution in [0.1, 0.15) is 41.9 Å². The molecule has 7 heteroatoms. The van der Waals surface area contributed by atoms with Gasteiger partial charge in [0.2, 0.25) is 0 Å². The first kappa shape index (κ1) is 20.8. The average Bonchev–Trinajstić information content (AvgIpc) is 3.58. The van der Waals surface area contributed by atoms with Gasteiger partial charge < -0.3 is 14.2 Å². The van der Waals surface area contributed by atoms with Crippen molar-refractivity contribution in [3.8, 4) is 11.1 Å². The van der Waals surface area contributed by atoms with Gasteiger partial charge in [0.25, 0.3) is 0 Å². The van der Waals surface area contributed by atoms with E-state index < -0.39 is 5.82 Å². The molecule has 1 aromatic heterocycles. The number of benzene rings is 2. The number of hydrogen-bond donors (Lipinski definition) is 0. The number of aldehydes is 1. The fourth-order valence-electron chi connectivity index (χ4n) is 4.55. The van der Waals surface area contributed by atoms with Gasteiger partial charge in [-0.25, -0.2) is 14.4 Å². The number of fused-ring (bicyclic) bond motifs is 1. The topological polar surface area (TPSA) is 61.9 Å². The van der Waals surface area contributed by atoms with Crippen molar-refractivity contribution in [1.29, 1.82) is 0 Å². The minimum Gasteiger partial charge on any atom is -0.441 e. The van der Waals surface area contributed by atoms with Crippen LogP contribution in [-0.2, 0) is 0 Å². The molecule has 1 aliphatic heterocycles. The summed E-state index contributed by atoms with van der Waals surface area (Å²) in [5.74, 6) is -0.0141.